The molecule has 0 unspecified atom stereocenters. The first kappa shape index (κ1) is 26.9. The highest BCUT2D eigenvalue weighted by atomic mass is 35.5. The number of fused-ring (bicyclic) bond motifs is 1. The number of carbonyl (C=O) groups excluding carboxylic acids is 1. The molecule has 9 nitrogen and oxygen atoms in total. The molecule has 1 fully saturated rings. The molecule has 12 heteroatoms. The van der Waals surface area contributed by atoms with Gasteiger partial charge in [0.15, 0.2) is 5.03 Å². The highest BCUT2D eigenvalue weighted by Crippen LogP contribution is 2.45. The van der Waals surface area contributed by atoms with Crippen molar-refractivity contribution in [3.05, 3.63) is 88.8 Å². The summed E-state index contributed by atoms with van der Waals surface area (Å²) in [6.45, 7) is 2.77. The normalized spacial score (nSPS) is 19.7. The minimum atomic E-state index is -3.98. The van der Waals surface area contributed by atoms with Crippen LogP contribution in [0.5, 0.6) is 0 Å². The average molecular weight is 599 g/mol. The van der Waals surface area contributed by atoms with Crippen molar-refractivity contribution < 1.29 is 17.9 Å². The van der Waals surface area contributed by atoms with E-state index in [9.17, 15) is 13.2 Å². The van der Waals surface area contributed by atoms with Crippen molar-refractivity contribution in [3.63, 3.8) is 0 Å². The van der Waals surface area contributed by atoms with Crippen LogP contribution in [0.1, 0.15) is 12.5 Å². The van der Waals surface area contributed by atoms with Gasteiger partial charge in [0.25, 0.3) is 15.9 Å². The zero-order valence-corrected chi connectivity index (χ0v) is 23.8. The van der Waals surface area contributed by atoms with Crippen LogP contribution in [0, 0.1) is 0 Å². The molecule has 1 atom stereocenters. The summed E-state index contributed by atoms with van der Waals surface area (Å²) in [5.41, 5.74) is 1.89. The number of morpholine rings is 1. The Morgan fingerprint density at radius 1 is 0.975 bits per heavy atom. The smallest absolute Gasteiger partial charge is 0.260 e. The van der Waals surface area contributed by atoms with Gasteiger partial charge in [0.2, 0.25) is 5.95 Å². The molecule has 2 aliphatic rings. The number of rotatable bonds is 6. The summed E-state index contributed by atoms with van der Waals surface area (Å²) in [5, 5.41) is 0.631. The van der Waals surface area contributed by atoms with Crippen molar-refractivity contribution in [3.8, 4) is 11.1 Å². The predicted octanol–water partition coefficient (Wildman–Crippen LogP) is 4.91. The van der Waals surface area contributed by atoms with Gasteiger partial charge in [0, 0.05) is 41.9 Å². The largest absolute Gasteiger partial charge is 0.379 e. The van der Waals surface area contributed by atoms with Crippen molar-refractivity contribution in [2.75, 3.05) is 31.2 Å². The summed E-state index contributed by atoms with van der Waals surface area (Å²) in [6, 6.07) is 16.4. The summed E-state index contributed by atoms with van der Waals surface area (Å²) in [6.07, 6.45) is 5.04. The van der Waals surface area contributed by atoms with E-state index >= 15 is 0 Å². The molecule has 0 aliphatic carbocycles. The lowest BCUT2D eigenvalue weighted by molar-refractivity contribution is -0.124. The number of benzene rings is 2. The summed E-state index contributed by atoms with van der Waals surface area (Å²) >= 11 is 12.6. The first-order chi connectivity index (χ1) is 19.2. The average Bonchev–Trinajstić information content (AvgIpc) is 3.48. The van der Waals surface area contributed by atoms with Crippen molar-refractivity contribution in [2.24, 2.45) is 0 Å². The fourth-order valence-corrected chi connectivity index (χ4v) is 7.39. The Kier molecular flexibility index (Phi) is 6.92. The molecule has 2 aliphatic heterocycles. The van der Waals surface area contributed by atoms with Gasteiger partial charge in [-0.3, -0.25) is 14.3 Å². The van der Waals surface area contributed by atoms with Crippen molar-refractivity contribution in [1.29, 1.82) is 0 Å². The standard InChI is InChI=1S/C28H25Cl2N5O4S/c1-28(16-19-4-6-20(7-5-19)21-3-2-8-31-17-21)26(36)34(24-14-22(29)13-23(30)15-24)27-32-18-25(35(27)28)40(37,38)33-9-11-39-12-10-33/h2-8,13-15,17-18H,9-12,16H2,1H3/t28-/m1/s1. The van der Waals surface area contributed by atoms with E-state index in [0.29, 0.717) is 28.9 Å². The Morgan fingerprint density at radius 2 is 1.68 bits per heavy atom. The number of halogens is 2. The predicted molar refractivity (Wildman–Crippen MR) is 152 cm³/mol. The molecule has 0 spiro atoms. The number of hydrogen-bond acceptors (Lipinski definition) is 6. The third kappa shape index (κ3) is 4.59. The molecule has 1 saturated heterocycles. The molecular formula is C28H25Cl2N5O4S. The summed E-state index contributed by atoms with van der Waals surface area (Å²) < 4.78 is 35.9. The van der Waals surface area contributed by atoms with Gasteiger partial charge in [-0.2, -0.15) is 4.31 Å². The summed E-state index contributed by atoms with van der Waals surface area (Å²) in [5.74, 6) is -0.159. The van der Waals surface area contributed by atoms with Crippen molar-refractivity contribution in [1.82, 2.24) is 18.8 Å². The quantitative estimate of drug-likeness (QED) is 0.313. The number of ether oxygens (including phenoxy) is 1. The van der Waals surface area contributed by atoms with Gasteiger partial charge in [0.05, 0.1) is 25.1 Å². The minimum Gasteiger partial charge on any atom is -0.379 e. The Bertz CT molecular complexity index is 1670. The Labute approximate surface area is 242 Å². The molecule has 0 N–H and O–H groups in total. The first-order valence-corrected chi connectivity index (χ1v) is 14.8. The SMILES string of the molecule is C[C@@]1(Cc2ccc(-c3cccnc3)cc2)C(=O)N(c2cc(Cl)cc(Cl)c2)c2ncc(S(=O)(=O)N3CCOCC3)n21. The number of pyridine rings is 1. The minimum absolute atomic E-state index is 0.0529. The topological polar surface area (TPSA) is 97.6 Å². The van der Waals surface area contributed by atoms with E-state index in [-0.39, 0.29) is 36.4 Å². The molecule has 0 saturated carbocycles. The van der Waals surface area contributed by atoms with Crippen LogP contribution in [0.15, 0.2) is 78.2 Å². The molecule has 0 bridgehead atoms. The fraction of sp³-hybridized carbons (Fsp3) is 0.250. The van der Waals surface area contributed by atoms with Gasteiger partial charge < -0.3 is 4.74 Å². The zero-order chi connectivity index (χ0) is 28.1. The second-order valence-corrected chi connectivity index (χ2v) is 12.7. The molecule has 4 aromatic rings. The fourth-order valence-electron chi connectivity index (χ4n) is 5.28. The van der Waals surface area contributed by atoms with Crippen molar-refractivity contribution in [2.45, 2.75) is 23.9 Å². The lowest BCUT2D eigenvalue weighted by atomic mass is 9.91. The second kappa shape index (κ2) is 10.3. The van der Waals surface area contributed by atoms with E-state index in [1.54, 1.807) is 37.5 Å². The van der Waals surface area contributed by atoms with Crippen LogP contribution >= 0.6 is 23.2 Å². The third-order valence-electron chi connectivity index (χ3n) is 7.25. The molecule has 2 aromatic carbocycles. The Hall–Kier alpha value is -3.28. The molecular weight excluding hydrogens is 573 g/mol. The molecule has 40 heavy (non-hydrogen) atoms. The van der Waals surface area contributed by atoms with E-state index in [4.69, 9.17) is 27.9 Å². The van der Waals surface area contributed by atoms with E-state index in [1.165, 1.54) is 20.0 Å². The van der Waals surface area contributed by atoms with Crippen LogP contribution < -0.4 is 4.90 Å². The number of hydrogen-bond donors (Lipinski definition) is 0. The highest BCUT2D eigenvalue weighted by molar-refractivity contribution is 7.89. The molecule has 2 aromatic heterocycles. The highest BCUT2D eigenvalue weighted by Gasteiger charge is 2.52. The van der Waals surface area contributed by atoms with E-state index < -0.39 is 15.6 Å². The Morgan fingerprint density at radius 3 is 2.33 bits per heavy atom. The lowest BCUT2D eigenvalue weighted by Crippen LogP contribution is -2.45. The number of imidazole rings is 1. The number of carbonyl (C=O) groups is 1. The van der Waals surface area contributed by atoms with E-state index in [0.717, 1.165) is 16.7 Å². The van der Waals surface area contributed by atoms with Gasteiger partial charge in [-0.15, -0.1) is 0 Å². The van der Waals surface area contributed by atoms with Crippen molar-refractivity contribution >= 4 is 50.8 Å². The molecule has 0 radical (unpaired) electrons. The summed E-state index contributed by atoms with van der Waals surface area (Å²) in [4.78, 5) is 24.3. The second-order valence-electron chi connectivity index (χ2n) is 9.91. The van der Waals surface area contributed by atoms with Crippen LogP contribution in [0.25, 0.3) is 11.1 Å². The van der Waals surface area contributed by atoms with E-state index in [2.05, 4.69) is 9.97 Å². The van der Waals surface area contributed by atoms with Crippen LogP contribution in [0.4, 0.5) is 11.6 Å². The maximum Gasteiger partial charge on any atom is 0.260 e. The molecule has 6 rings (SSSR count). The maximum absolute atomic E-state index is 14.3. The number of sulfonamides is 1. The van der Waals surface area contributed by atoms with Gasteiger partial charge in [-0.25, -0.2) is 18.3 Å². The number of amides is 1. The van der Waals surface area contributed by atoms with Crippen LogP contribution in [0.3, 0.4) is 0 Å². The molecule has 206 valence electrons. The number of nitrogens with zero attached hydrogens (tertiary/aromatic N) is 5. The zero-order valence-electron chi connectivity index (χ0n) is 21.5. The van der Waals surface area contributed by atoms with Gasteiger partial charge in [-0.1, -0.05) is 53.5 Å². The summed E-state index contributed by atoms with van der Waals surface area (Å²) in [7, 11) is -3.98. The number of aromatic nitrogens is 3. The van der Waals surface area contributed by atoms with Crippen LogP contribution in [-0.2, 0) is 31.5 Å². The molecule has 4 heterocycles. The molecule has 1 amide bonds. The Balaban J connectivity index is 1.45. The van der Waals surface area contributed by atoms with Crippen LogP contribution in [-0.4, -0.2) is 59.5 Å². The van der Waals surface area contributed by atoms with Gasteiger partial charge in [-0.05, 0) is 47.9 Å². The van der Waals surface area contributed by atoms with Gasteiger partial charge >= 0.3 is 0 Å². The van der Waals surface area contributed by atoms with Crippen LogP contribution in [0.2, 0.25) is 10.0 Å². The maximum atomic E-state index is 14.3. The van der Waals surface area contributed by atoms with E-state index in [1.807, 2.05) is 36.4 Å². The monoisotopic (exact) mass is 597 g/mol. The lowest BCUT2D eigenvalue weighted by Gasteiger charge is -2.30. The number of anilines is 2. The van der Waals surface area contributed by atoms with Gasteiger partial charge in [0.1, 0.15) is 5.54 Å². The third-order valence-corrected chi connectivity index (χ3v) is 9.54. The first-order valence-electron chi connectivity index (χ1n) is 12.6.